The molecule has 0 amide bonds. The molecule has 7 atom stereocenters. The van der Waals surface area contributed by atoms with Crippen LogP contribution in [0.4, 0.5) is 0 Å². The molecule has 1 aromatic carbocycles. The molecule has 1 saturated heterocycles. The Balaban J connectivity index is 1.88. The van der Waals surface area contributed by atoms with Crippen molar-refractivity contribution in [3.8, 4) is 17.2 Å². The number of ketones is 2. The number of benzene rings is 1. The van der Waals surface area contributed by atoms with Crippen molar-refractivity contribution in [2.24, 2.45) is 10.8 Å². The van der Waals surface area contributed by atoms with Gasteiger partial charge in [0.05, 0.1) is 16.4 Å². The van der Waals surface area contributed by atoms with E-state index in [4.69, 9.17) is 14.2 Å². The van der Waals surface area contributed by atoms with Gasteiger partial charge in [0.2, 0.25) is 0 Å². The highest BCUT2D eigenvalue weighted by molar-refractivity contribution is 6.15. The van der Waals surface area contributed by atoms with Crippen molar-refractivity contribution in [3.63, 3.8) is 0 Å². The summed E-state index contributed by atoms with van der Waals surface area (Å²) < 4.78 is 16.5. The second kappa shape index (κ2) is 10.7. The molecule has 1 aliphatic carbocycles. The van der Waals surface area contributed by atoms with E-state index in [-0.39, 0.29) is 5.56 Å². The van der Waals surface area contributed by atoms with Gasteiger partial charge in [-0.1, -0.05) is 19.4 Å². The van der Waals surface area contributed by atoms with E-state index in [1.165, 1.54) is 33.8 Å². The van der Waals surface area contributed by atoms with Gasteiger partial charge >= 0.3 is 5.97 Å². The predicted molar refractivity (Wildman–Crippen MR) is 135 cm³/mol. The third-order valence-corrected chi connectivity index (χ3v) is 7.27. The summed E-state index contributed by atoms with van der Waals surface area (Å²) in [6, 6.07) is 1.65. The van der Waals surface area contributed by atoms with Crippen LogP contribution in [0.3, 0.4) is 0 Å². The van der Waals surface area contributed by atoms with Crippen molar-refractivity contribution in [2.75, 3.05) is 6.61 Å². The van der Waals surface area contributed by atoms with E-state index < -0.39 is 94.6 Å². The Bertz CT molecular complexity index is 1190. The molecule has 0 aromatic heterocycles. The summed E-state index contributed by atoms with van der Waals surface area (Å²) in [5, 5.41) is 71.9. The molecule has 40 heavy (non-hydrogen) atoms. The van der Waals surface area contributed by atoms with Gasteiger partial charge in [-0.2, -0.15) is 0 Å². The van der Waals surface area contributed by atoms with Crippen LogP contribution < -0.4 is 0 Å². The number of hydrogen-bond acceptors (Lipinski definition) is 13. The maximum Gasteiger partial charge on any atom is 0.338 e. The molecular formula is C27H36O13. The van der Waals surface area contributed by atoms with E-state index in [9.17, 15) is 50.1 Å². The number of hydrogen-bond donors (Lipinski definition) is 7. The monoisotopic (exact) mass is 568 g/mol. The first kappa shape index (κ1) is 31.5. The van der Waals surface area contributed by atoms with Gasteiger partial charge in [0.15, 0.2) is 40.7 Å². The maximum atomic E-state index is 13.4. The molecule has 1 aliphatic heterocycles. The summed E-state index contributed by atoms with van der Waals surface area (Å²) in [6.07, 6.45) is -9.24. The molecule has 13 heteroatoms. The maximum absolute atomic E-state index is 13.4. The Morgan fingerprint density at radius 2 is 1.50 bits per heavy atom. The van der Waals surface area contributed by atoms with Crippen LogP contribution in [0.2, 0.25) is 0 Å². The topological polar surface area (TPSA) is 221 Å². The number of carbonyl (C=O) groups excluding carboxylic acids is 3. The van der Waals surface area contributed by atoms with Crippen molar-refractivity contribution in [1.29, 1.82) is 0 Å². The summed E-state index contributed by atoms with van der Waals surface area (Å²) in [7, 11) is 0. The van der Waals surface area contributed by atoms with Crippen molar-refractivity contribution in [3.05, 3.63) is 29.3 Å². The Kier molecular flexibility index (Phi) is 8.44. The Morgan fingerprint density at radius 1 is 0.950 bits per heavy atom. The third-order valence-electron chi connectivity index (χ3n) is 7.27. The van der Waals surface area contributed by atoms with Crippen LogP contribution in [-0.2, 0) is 23.8 Å². The van der Waals surface area contributed by atoms with Crippen LogP contribution in [0.5, 0.6) is 17.2 Å². The number of carbonyl (C=O) groups is 3. The fourth-order valence-corrected chi connectivity index (χ4v) is 5.32. The lowest BCUT2D eigenvalue weighted by atomic mass is 9.56. The van der Waals surface area contributed by atoms with Gasteiger partial charge in [0, 0.05) is 0 Å². The van der Waals surface area contributed by atoms with Gasteiger partial charge in [-0.05, 0) is 45.9 Å². The second-order valence-corrected chi connectivity index (χ2v) is 11.5. The van der Waals surface area contributed by atoms with Crippen LogP contribution in [0, 0.1) is 10.8 Å². The number of esters is 1. The van der Waals surface area contributed by atoms with E-state index in [0.29, 0.717) is 5.57 Å². The Labute approximate surface area is 230 Å². The third kappa shape index (κ3) is 5.32. The number of phenolic OH excluding ortho intramolecular Hbond substituents is 3. The standard InChI is InChI=1S/C27H36O13/c1-11(2)9-27(37)23(36)25(3,4)22(35)26(5,6)24(27)40-21-19(33)18(32)17(31)15(39-21)10-38-20(34)12-7-13(28)16(30)14(29)8-12/h7-9,15,17-19,21,24,28-33,37H,10H2,1-6H3/t15-,17-,18+,19-,21-,24+,27-/m1/s1. The molecule has 1 aromatic rings. The lowest BCUT2D eigenvalue weighted by molar-refractivity contribution is -0.328. The molecule has 0 bridgehead atoms. The van der Waals surface area contributed by atoms with Gasteiger partial charge in [0.25, 0.3) is 0 Å². The minimum atomic E-state index is -2.34. The zero-order chi connectivity index (χ0) is 30.5. The highest BCUT2D eigenvalue weighted by Gasteiger charge is 2.66. The van der Waals surface area contributed by atoms with Crippen LogP contribution in [0.15, 0.2) is 23.8 Å². The first-order valence-electron chi connectivity index (χ1n) is 12.5. The summed E-state index contributed by atoms with van der Waals surface area (Å²) in [5.41, 5.74) is -5.26. The van der Waals surface area contributed by atoms with Crippen molar-refractivity contribution >= 4 is 17.5 Å². The quantitative estimate of drug-likeness (QED) is 0.105. The summed E-state index contributed by atoms with van der Waals surface area (Å²) >= 11 is 0. The first-order valence-corrected chi connectivity index (χ1v) is 12.5. The molecule has 2 aliphatic rings. The normalized spacial score (nSPS) is 33.4. The van der Waals surface area contributed by atoms with Crippen molar-refractivity contribution in [1.82, 2.24) is 0 Å². The number of aliphatic hydroxyl groups excluding tert-OH is 3. The van der Waals surface area contributed by atoms with Gasteiger partial charge in [0.1, 0.15) is 37.1 Å². The second-order valence-electron chi connectivity index (χ2n) is 11.5. The van der Waals surface area contributed by atoms with E-state index >= 15 is 0 Å². The Morgan fingerprint density at radius 3 is 2.02 bits per heavy atom. The van der Waals surface area contributed by atoms with Gasteiger partial charge < -0.3 is 50.0 Å². The molecule has 1 heterocycles. The number of ether oxygens (including phenoxy) is 3. The molecule has 0 unspecified atom stereocenters. The largest absolute Gasteiger partial charge is 0.504 e. The number of allylic oxidation sites excluding steroid dienone is 1. The van der Waals surface area contributed by atoms with Gasteiger partial charge in [-0.25, -0.2) is 4.79 Å². The number of aromatic hydroxyl groups is 3. The highest BCUT2D eigenvalue weighted by atomic mass is 16.7. The predicted octanol–water partition coefficient (Wildman–Crippen LogP) is 0.0545. The molecule has 1 saturated carbocycles. The molecule has 0 spiro atoms. The summed E-state index contributed by atoms with van der Waals surface area (Å²) in [4.78, 5) is 39.2. The minimum absolute atomic E-state index is 0.359. The number of rotatable bonds is 6. The van der Waals surface area contributed by atoms with Crippen molar-refractivity contribution in [2.45, 2.75) is 84.0 Å². The molecule has 13 nitrogen and oxygen atoms in total. The van der Waals surface area contributed by atoms with Crippen LogP contribution >= 0.6 is 0 Å². The average molecular weight is 569 g/mol. The minimum Gasteiger partial charge on any atom is -0.504 e. The molecule has 7 N–H and O–H groups in total. The highest BCUT2D eigenvalue weighted by Crippen LogP contribution is 2.48. The summed E-state index contributed by atoms with van der Waals surface area (Å²) in [6.45, 7) is 8.24. The van der Waals surface area contributed by atoms with Gasteiger partial charge in [-0.3, -0.25) is 9.59 Å². The number of phenols is 3. The smallest absolute Gasteiger partial charge is 0.338 e. The van der Waals surface area contributed by atoms with Crippen LogP contribution in [0.1, 0.15) is 51.9 Å². The van der Waals surface area contributed by atoms with E-state index in [1.807, 2.05) is 0 Å². The zero-order valence-electron chi connectivity index (χ0n) is 23.0. The Hall–Kier alpha value is -3.07. The SMILES string of the molecule is CC(C)=C[C@@]1(O)C(=O)C(C)(C)C(=O)C(C)(C)[C@@H]1O[C@H]1O[C@H](COC(=O)c2cc(O)c(O)c(O)c2)[C@@H](O)[C@H](O)[C@H]1O. The zero-order valence-corrected chi connectivity index (χ0v) is 23.0. The number of Topliss-reactive ketones (excluding diaryl/α,β-unsaturated/α-hetero) is 2. The van der Waals surface area contributed by atoms with E-state index in [0.717, 1.165) is 12.1 Å². The van der Waals surface area contributed by atoms with Crippen LogP contribution in [-0.4, -0.2) is 102 Å². The molecule has 3 rings (SSSR count). The molecule has 0 radical (unpaired) electrons. The van der Waals surface area contributed by atoms with E-state index in [2.05, 4.69) is 0 Å². The molecular weight excluding hydrogens is 532 g/mol. The lowest BCUT2D eigenvalue weighted by Crippen LogP contribution is -2.71. The average Bonchev–Trinajstić information content (AvgIpc) is 2.86. The lowest BCUT2D eigenvalue weighted by Gasteiger charge is -2.53. The fraction of sp³-hybridized carbons (Fsp3) is 0.593. The van der Waals surface area contributed by atoms with Crippen LogP contribution in [0.25, 0.3) is 0 Å². The number of aliphatic hydroxyl groups is 4. The molecule has 2 fully saturated rings. The van der Waals surface area contributed by atoms with E-state index in [1.54, 1.807) is 13.8 Å². The first-order chi connectivity index (χ1) is 18.3. The van der Waals surface area contributed by atoms with Gasteiger partial charge in [-0.15, -0.1) is 0 Å². The summed E-state index contributed by atoms with van der Waals surface area (Å²) in [5.74, 6) is -4.92. The molecule has 222 valence electrons. The van der Waals surface area contributed by atoms with Crippen molar-refractivity contribution < 1.29 is 64.3 Å². The fourth-order valence-electron chi connectivity index (χ4n) is 5.32.